The highest BCUT2D eigenvalue weighted by molar-refractivity contribution is 5.97. The highest BCUT2D eigenvalue weighted by Gasteiger charge is 2.21. The maximum Gasteiger partial charge on any atom is 0.343 e. The summed E-state index contributed by atoms with van der Waals surface area (Å²) in [5.41, 5.74) is 0.152. The Balaban J connectivity index is 1.56. The van der Waals surface area contributed by atoms with Crippen LogP contribution in [0.25, 0.3) is 0 Å². The Hall–Kier alpha value is -6.70. The summed E-state index contributed by atoms with van der Waals surface area (Å²) < 4.78 is 42.6. The predicted octanol–water partition coefficient (Wildman–Crippen LogP) is 7.35. The van der Waals surface area contributed by atoms with Crippen molar-refractivity contribution < 1.29 is 66.7 Å². The smallest absolute Gasteiger partial charge is 0.343 e. The minimum Gasteiger partial charge on any atom is -0.494 e. The highest BCUT2D eigenvalue weighted by atomic mass is 16.6. The van der Waals surface area contributed by atoms with Crippen molar-refractivity contribution in [1.29, 1.82) is 0 Å². The fraction of sp³-hybridized carbons (Fsp3) is 0.318. The fourth-order valence-corrected chi connectivity index (χ4v) is 4.89. The number of hydrogen-bond acceptors (Lipinski definition) is 14. The van der Waals surface area contributed by atoms with E-state index in [4.69, 9.17) is 37.9 Å². The van der Waals surface area contributed by atoms with Crippen LogP contribution in [0.15, 0.2) is 105 Å². The average Bonchev–Trinajstić information content (AvgIpc) is 3.24. The van der Waals surface area contributed by atoms with Gasteiger partial charge in [-0.05, 0) is 118 Å². The van der Waals surface area contributed by atoms with Crippen molar-refractivity contribution >= 4 is 35.8 Å². The number of carbonyl (C=O) groups is 6. The van der Waals surface area contributed by atoms with Gasteiger partial charge in [0.1, 0.15) is 41.8 Å². The van der Waals surface area contributed by atoms with Gasteiger partial charge in [-0.1, -0.05) is 19.7 Å². The van der Waals surface area contributed by atoms with Gasteiger partial charge >= 0.3 is 35.8 Å². The van der Waals surface area contributed by atoms with Gasteiger partial charge in [-0.3, -0.25) is 0 Å². The molecular weight excluding hydrogens is 752 g/mol. The van der Waals surface area contributed by atoms with Gasteiger partial charge in [0.2, 0.25) is 0 Å². The van der Waals surface area contributed by atoms with Crippen LogP contribution >= 0.6 is 0 Å². The standard InChI is InChI=1S/C44H48O14/c1-4-39(45)53-27-13-9-7-11-25-51-34-19-15-32(16-20-34)42(48)57-36-23-24-38(37(31-36)44(50)56-30-29-55-41(47)6-3)58-43(49)33-17-21-35(22-18-33)52-26-12-8-10-14-28-54-40(46)5-2/h4-6,15-24,31H,1-3,7-14,25-30H2. The maximum atomic E-state index is 13.1. The maximum absolute atomic E-state index is 13.1. The molecule has 14 heteroatoms. The Morgan fingerprint density at radius 3 is 1.28 bits per heavy atom. The molecule has 0 fully saturated rings. The van der Waals surface area contributed by atoms with Crippen molar-refractivity contribution in [2.75, 3.05) is 39.6 Å². The lowest BCUT2D eigenvalue weighted by molar-refractivity contribution is -0.139. The molecule has 308 valence electrons. The molecule has 0 aliphatic rings. The van der Waals surface area contributed by atoms with E-state index < -0.39 is 35.8 Å². The second kappa shape index (κ2) is 26.2. The van der Waals surface area contributed by atoms with Gasteiger partial charge in [0.25, 0.3) is 0 Å². The average molecular weight is 801 g/mol. The topological polar surface area (TPSA) is 176 Å². The van der Waals surface area contributed by atoms with Gasteiger partial charge < -0.3 is 37.9 Å². The zero-order chi connectivity index (χ0) is 42.0. The zero-order valence-electron chi connectivity index (χ0n) is 32.3. The molecule has 0 heterocycles. The van der Waals surface area contributed by atoms with Crippen LogP contribution in [-0.2, 0) is 33.3 Å². The third-order valence-electron chi connectivity index (χ3n) is 7.93. The van der Waals surface area contributed by atoms with Gasteiger partial charge in [-0.15, -0.1) is 0 Å². The van der Waals surface area contributed by atoms with E-state index >= 15 is 0 Å². The lowest BCUT2D eigenvalue weighted by atomic mass is 10.1. The van der Waals surface area contributed by atoms with Crippen LogP contribution in [0.5, 0.6) is 23.0 Å². The minimum absolute atomic E-state index is 0.0351. The second-order valence-electron chi connectivity index (χ2n) is 12.3. The summed E-state index contributed by atoms with van der Waals surface area (Å²) in [6.45, 7) is 11.0. The molecule has 0 saturated heterocycles. The fourth-order valence-electron chi connectivity index (χ4n) is 4.89. The SMILES string of the molecule is C=CC(=O)OCCCCCCOc1ccc(C(=O)Oc2ccc(OC(=O)c3ccc(OCCCCCCOC(=O)C=C)cc3)c(C(=O)OCCOC(=O)C=C)c2)cc1. The van der Waals surface area contributed by atoms with Crippen LogP contribution in [0.1, 0.15) is 82.4 Å². The third-order valence-corrected chi connectivity index (χ3v) is 7.93. The zero-order valence-corrected chi connectivity index (χ0v) is 32.3. The minimum atomic E-state index is -0.936. The molecule has 0 atom stereocenters. The summed E-state index contributed by atoms with van der Waals surface area (Å²) in [4.78, 5) is 72.8. The van der Waals surface area contributed by atoms with Gasteiger partial charge in [-0.2, -0.15) is 0 Å². The van der Waals surface area contributed by atoms with E-state index in [2.05, 4.69) is 19.7 Å². The molecule has 0 aliphatic heterocycles. The number of carbonyl (C=O) groups excluding carboxylic acids is 6. The molecule has 0 unspecified atom stereocenters. The molecule has 0 spiro atoms. The summed E-state index contributed by atoms with van der Waals surface area (Å²) in [7, 11) is 0. The van der Waals surface area contributed by atoms with Crippen LogP contribution < -0.4 is 18.9 Å². The van der Waals surface area contributed by atoms with Crippen molar-refractivity contribution in [3.63, 3.8) is 0 Å². The molecule has 0 amide bonds. The quantitative estimate of drug-likeness (QED) is 0.0246. The number of hydrogen-bond donors (Lipinski definition) is 0. The predicted molar refractivity (Wildman–Crippen MR) is 211 cm³/mol. The van der Waals surface area contributed by atoms with Crippen LogP contribution in [-0.4, -0.2) is 75.5 Å². The summed E-state index contributed by atoms with van der Waals surface area (Å²) in [5, 5.41) is 0. The number of benzene rings is 3. The van der Waals surface area contributed by atoms with E-state index in [1.165, 1.54) is 42.5 Å². The molecule has 58 heavy (non-hydrogen) atoms. The Morgan fingerprint density at radius 1 is 0.414 bits per heavy atom. The summed E-state index contributed by atoms with van der Waals surface area (Å²) in [6.07, 6.45) is 9.79. The number of rotatable bonds is 27. The highest BCUT2D eigenvalue weighted by Crippen LogP contribution is 2.27. The van der Waals surface area contributed by atoms with Gasteiger partial charge in [0.05, 0.1) is 37.6 Å². The molecule has 0 radical (unpaired) electrons. The van der Waals surface area contributed by atoms with E-state index in [-0.39, 0.29) is 41.4 Å². The second-order valence-corrected chi connectivity index (χ2v) is 12.3. The molecule has 0 saturated carbocycles. The van der Waals surface area contributed by atoms with Crippen molar-refractivity contribution in [2.45, 2.75) is 51.4 Å². The first-order chi connectivity index (χ1) is 28.1. The first kappa shape index (κ1) is 45.7. The van der Waals surface area contributed by atoms with E-state index in [0.717, 1.165) is 69.6 Å². The normalized spacial score (nSPS) is 10.3. The summed E-state index contributed by atoms with van der Waals surface area (Å²) >= 11 is 0. The molecule has 0 aromatic heterocycles. The Kier molecular flexibility index (Phi) is 20.6. The van der Waals surface area contributed by atoms with Gasteiger partial charge in [0, 0.05) is 18.2 Å². The summed E-state index contributed by atoms with van der Waals surface area (Å²) in [5.74, 6) is -3.12. The Morgan fingerprint density at radius 2 is 0.810 bits per heavy atom. The molecule has 0 bridgehead atoms. The van der Waals surface area contributed by atoms with Gasteiger partial charge in [-0.25, -0.2) is 28.8 Å². The molecule has 3 aromatic rings. The monoisotopic (exact) mass is 800 g/mol. The molecule has 0 N–H and O–H groups in total. The molecule has 3 rings (SSSR count). The van der Waals surface area contributed by atoms with Crippen molar-refractivity contribution in [2.24, 2.45) is 0 Å². The van der Waals surface area contributed by atoms with Gasteiger partial charge in [0.15, 0.2) is 0 Å². The lowest BCUT2D eigenvalue weighted by Crippen LogP contribution is -2.16. The number of unbranched alkanes of at least 4 members (excludes halogenated alkanes) is 6. The van der Waals surface area contributed by atoms with E-state index in [1.54, 1.807) is 24.3 Å². The van der Waals surface area contributed by atoms with Crippen LogP contribution in [0, 0.1) is 0 Å². The number of ether oxygens (including phenoxy) is 8. The van der Waals surface area contributed by atoms with Crippen molar-refractivity contribution in [1.82, 2.24) is 0 Å². The molecule has 14 nitrogen and oxygen atoms in total. The van der Waals surface area contributed by atoms with Crippen LogP contribution in [0.3, 0.4) is 0 Å². The van der Waals surface area contributed by atoms with E-state index in [9.17, 15) is 28.8 Å². The van der Waals surface area contributed by atoms with E-state index in [1.807, 2.05) is 0 Å². The third kappa shape index (κ3) is 17.4. The van der Waals surface area contributed by atoms with Crippen LogP contribution in [0.2, 0.25) is 0 Å². The first-order valence-corrected chi connectivity index (χ1v) is 18.7. The van der Waals surface area contributed by atoms with Crippen molar-refractivity contribution in [3.05, 3.63) is 121 Å². The molecular formula is C44H48O14. The molecule has 3 aromatic carbocycles. The Bertz CT molecular complexity index is 1850. The number of esters is 6. The summed E-state index contributed by atoms with van der Waals surface area (Å²) in [6, 6.07) is 16.4. The van der Waals surface area contributed by atoms with Crippen molar-refractivity contribution in [3.8, 4) is 23.0 Å². The van der Waals surface area contributed by atoms with Crippen LogP contribution in [0.4, 0.5) is 0 Å². The first-order valence-electron chi connectivity index (χ1n) is 18.7. The van der Waals surface area contributed by atoms with E-state index in [0.29, 0.717) is 37.9 Å². The largest absolute Gasteiger partial charge is 0.494 e. The Labute approximate surface area is 337 Å². The lowest BCUT2D eigenvalue weighted by Gasteiger charge is -2.13. The molecule has 0 aliphatic carbocycles.